The molecule has 0 spiro atoms. The van der Waals surface area contributed by atoms with Crippen LogP contribution in [0.2, 0.25) is 0 Å². The molecule has 2 nitrogen and oxygen atoms in total. The molecule has 2 heteroatoms. The van der Waals surface area contributed by atoms with Gasteiger partial charge in [0.15, 0.2) is 0 Å². The van der Waals surface area contributed by atoms with E-state index in [-0.39, 0.29) is 0 Å². The van der Waals surface area contributed by atoms with E-state index in [1.54, 1.807) is 0 Å². The second kappa shape index (κ2) is 5.55. The fourth-order valence-corrected chi connectivity index (χ4v) is 1.75. The Balaban J connectivity index is 1.98. The summed E-state index contributed by atoms with van der Waals surface area (Å²) >= 11 is 0. The monoisotopic (exact) mass is 170 g/mol. The molecule has 2 N–H and O–H groups in total. The summed E-state index contributed by atoms with van der Waals surface area (Å²) < 4.78 is 0. The summed E-state index contributed by atoms with van der Waals surface area (Å²) in [5, 5.41) is 6.91. The van der Waals surface area contributed by atoms with Crippen LogP contribution in [0, 0.1) is 5.92 Å². The van der Waals surface area contributed by atoms with Crippen molar-refractivity contribution < 1.29 is 0 Å². The molecule has 1 heterocycles. The van der Waals surface area contributed by atoms with E-state index in [0.717, 1.165) is 5.92 Å². The smallest absolute Gasteiger partial charge is 0.00103 e. The average Bonchev–Trinajstić information content (AvgIpc) is 2.05. The van der Waals surface area contributed by atoms with Gasteiger partial charge < -0.3 is 10.6 Å². The Bertz CT molecular complexity index is 106. The van der Waals surface area contributed by atoms with E-state index in [1.807, 2.05) is 0 Å². The largest absolute Gasteiger partial charge is 0.316 e. The summed E-state index contributed by atoms with van der Waals surface area (Å²) in [4.78, 5) is 0. The first-order chi connectivity index (χ1) is 5.79. The van der Waals surface area contributed by atoms with E-state index in [0.29, 0.717) is 6.04 Å². The Labute approximate surface area is 76.1 Å². The van der Waals surface area contributed by atoms with Crippen LogP contribution in [0.5, 0.6) is 0 Å². The van der Waals surface area contributed by atoms with Gasteiger partial charge in [-0.05, 0) is 44.8 Å². The molecular weight excluding hydrogens is 148 g/mol. The Morgan fingerprint density at radius 3 is 2.92 bits per heavy atom. The van der Waals surface area contributed by atoms with Crippen molar-refractivity contribution in [3.8, 4) is 0 Å². The molecule has 0 unspecified atom stereocenters. The zero-order valence-corrected chi connectivity index (χ0v) is 8.40. The second-order valence-corrected chi connectivity index (χ2v) is 4.11. The maximum atomic E-state index is 3.46. The van der Waals surface area contributed by atoms with Crippen molar-refractivity contribution in [3.63, 3.8) is 0 Å². The third-order valence-electron chi connectivity index (χ3n) is 2.50. The summed E-state index contributed by atoms with van der Waals surface area (Å²) in [6.07, 6.45) is 4.13. The number of hydrogen-bond donors (Lipinski definition) is 2. The molecule has 0 saturated carbocycles. The molecule has 12 heavy (non-hydrogen) atoms. The quantitative estimate of drug-likeness (QED) is 0.666. The van der Waals surface area contributed by atoms with Crippen LogP contribution in [-0.4, -0.2) is 25.7 Å². The third-order valence-corrected chi connectivity index (χ3v) is 2.50. The SMILES string of the molecule is CC(C)NCC[C@H]1CCCNC1. The van der Waals surface area contributed by atoms with Crippen LogP contribution in [-0.2, 0) is 0 Å². The highest BCUT2D eigenvalue weighted by Crippen LogP contribution is 2.12. The first-order valence-electron chi connectivity index (χ1n) is 5.23. The molecule has 1 saturated heterocycles. The Morgan fingerprint density at radius 1 is 1.50 bits per heavy atom. The molecule has 0 aromatic rings. The van der Waals surface area contributed by atoms with Crippen LogP contribution in [0.25, 0.3) is 0 Å². The van der Waals surface area contributed by atoms with Gasteiger partial charge in [-0.1, -0.05) is 13.8 Å². The highest BCUT2D eigenvalue weighted by Gasteiger charge is 2.11. The van der Waals surface area contributed by atoms with Gasteiger partial charge in [-0.2, -0.15) is 0 Å². The van der Waals surface area contributed by atoms with E-state index in [1.165, 1.54) is 38.9 Å². The molecule has 1 aliphatic heterocycles. The predicted molar refractivity (Wildman–Crippen MR) is 53.3 cm³/mol. The fraction of sp³-hybridized carbons (Fsp3) is 1.00. The highest BCUT2D eigenvalue weighted by molar-refractivity contribution is 4.70. The maximum Gasteiger partial charge on any atom is 0.00103 e. The third kappa shape index (κ3) is 4.07. The van der Waals surface area contributed by atoms with Gasteiger partial charge >= 0.3 is 0 Å². The Hall–Kier alpha value is -0.0800. The number of hydrogen-bond acceptors (Lipinski definition) is 2. The number of piperidine rings is 1. The minimum Gasteiger partial charge on any atom is -0.316 e. The van der Waals surface area contributed by atoms with Crippen LogP contribution in [0.1, 0.15) is 33.1 Å². The van der Waals surface area contributed by atoms with Crippen LogP contribution in [0.3, 0.4) is 0 Å². The van der Waals surface area contributed by atoms with Crippen LogP contribution in [0.15, 0.2) is 0 Å². The first kappa shape index (κ1) is 10.0. The van der Waals surface area contributed by atoms with E-state index < -0.39 is 0 Å². The van der Waals surface area contributed by atoms with Crippen molar-refractivity contribution in [2.75, 3.05) is 19.6 Å². The molecule has 1 atom stereocenters. The number of nitrogens with one attached hydrogen (secondary N) is 2. The Kier molecular flexibility index (Phi) is 4.62. The predicted octanol–water partition coefficient (Wildman–Crippen LogP) is 1.37. The van der Waals surface area contributed by atoms with Gasteiger partial charge in [0.05, 0.1) is 0 Å². The summed E-state index contributed by atoms with van der Waals surface area (Å²) in [5.41, 5.74) is 0. The van der Waals surface area contributed by atoms with Crippen molar-refractivity contribution in [2.45, 2.75) is 39.2 Å². The molecular formula is C10H22N2. The molecule has 0 radical (unpaired) electrons. The molecule has 1 rings (SSSR count). The van der Waals surface area contributed by atoms with Crippen LogP contribution < -0.4 is 10.6 Å². The topological polar surface area (TPSA) is 24.1 Å². The summed E-state index contributed by atoms with van der Waals surface area (Å²) in [6.45, 7) is 8.07. The van der Waals surface area contributed by atoms with Gasteiger partial charge in [0.2, 0.25) is 0 Å². The van der Waals surface area contributed by atoms with Crippen LogP contribution >= 0.6 is 0 Å². The van der Waals surface area contributed by atoms with E-state index in [2.05, 4.69) is 24.5 Å². The summed E-state index contributed by atoms with van der Waals surface area (Å²) in [7, 11) is 0. The van der Waals surface area contributed by atoms with Crippen molar-refractivity contribution in [1.29, 1.82) is 0 Å². The normalized spacial score (nSPS) is 24.8. The van der Waals surface area contributed by atoms with E-state index in [9.17, 15) is 0 Å². The van der Waals surface area contributed by atoms with Crippen LogP contribution in [0.4, 0.5) is 0 Å². The fourth-order valence-electron chi connectivity index (χ4n) is 1.75. The van der Waals surface area contributed by atoms with E-state index >= 15 is 0 Å². The molecule has 0 aliphatic carbocycles. The zero-order chi connectivity index (χ0) is 8.81. The van der Waals surface area contributed by atoms with Gasteiger partial charge in [-0.15, -0.1) is 0 Å². The zero-order valence-electron chi connectivity index (χ0n) is 8.40. The van der Waals surface area contributed by atoms with Gasteiger partial charge in [0, 0.05) is 6.04 Å². The molecule has 0 amide bonds. The van der Waals surface area contributed by atoms with Gasteiger partial charge in [0.25, 0.3) is 0 Å². The molecule has 1 aliphatic rings. The lowest BCUT2D eigenvalue weighted by molar-refractivity contribution is 0.348. The summed E-state index contributed by atoms with van der Waals surface area (Å²) in [6, 6.07) is 0.640. The van der Waals surface area contributed by atoms with Crippen molar-refractivity contribution in [1.82, 2.24) is 10.6 Å². The van der Waals surface area contributed by atoms with Gasteiger partial charge in [0.1, 0.15) is 0 Å². The first-order valence-corrected chi connectivity index (χ1v) is 5.23. The standard InChI is InChI=1S/C10H22N2/c1-9(2)12-7-5-10-4-3-6-11-8-10/h9-12H,3-8H2,1-2H3/t10-/m1/s1. The summed E-state index contributed by atoms with van der Waals surface area (Å²) in [5.74, 6) is 0.921. The molecule has 72 valence electrons. The lowest BCUT2D eigenvalue weighted by atomic mass is 9.96. The molecule has 1 fully saturated rings. The van der Waals surface area contributed by atoms with Gasteiger partial charge in [-0.3, -0.25) is 0 Å². The van der Waals surface area contributed by atoms with Gasteiger partial charge in [-0.25, -0.2) is 0 Å². The minimum absolute atomic E-state index is 0.640. The van der Waals surface area contributed by atoms with Crippen molar-refractivity contribution in [2.24, 2.45) is 5.92 Å². The van der Waals surface area contributed by atoms with Crippen molar-refractivity contribution >= 4 is 0 Å². The lowest BCUT2D eigenvalue weighted by Gasteiger charge is -2.23. The minimum atomic E-state index is 0.640. The second-order valence-electron chi connectivity index (χ2n) is 4.11. The highest BCUT2D eigenvalue weighted by atomic mass is 14.9. The molecule has 0 bridgehead atoms. The molecule has 0 aromatic carbocycles. The maximum absolute atomic E-state index is 3.46. The van der Waals surface area contributed by atoms with Crippen molar-refractivity contribution in [3.05, 3.63) is 0 Å². The average molecular weight is 170 g/mol. The molecule has 0 aromatic heterocycles. The lowest BCUT2D eigenvalue weighted by Crippen LogP contribution is -2.33. The van der Waals surface area contributed by atoms with E-state index in [4.69, 9.17) is 0 Å². The number of rotatable bonds is 4. The Morgan fingerprint density at radius 2 is 2.33 bits per heavy atom.